The first kappa shape index (κ1) is 33.9. The van der Waals surface area contributed by atoms with Crippen LogP contribution in [0.2, 0.25) is 0 Å². The van der Waals surface area contributed by atoms with Gasteiger partial charge in [0.05, 0.1) is 45.6 Å². The van der Waals surface area contributed by atoms with Gasteiger partial charge in [-0.2, -0.15) is 0 Å². The minimum atomic E-state index is 0.383. The topological polar surface area (TPSA) is 95.8 Å². The van der Waals surface area contributed by atoms with Gasteiger partial charge in [0.2, 0.25) is 0 Å². The summed E-state index contributed by atoms with van der Waals surface area (Å²) in [5.41, 5.74) is 11.0. The quantitative estimate of drug-likeness (QED) is 0.166. The smallest absolute Gasteiger partial charge is 0.128 e. The summed E-state index contributed by atoms with van der Waals surface area (Å²) in [5.74, 6) is 14.8. The van der Waals surface area contributed by atoms with Crippen LogP contribution in [0.15, 0.2) is 158 Å². The van der Waals surface area contributed by atoms with Crippen molar-refractivity contribution >= 4 is 0 Å². The van der Waals surface area contributed by atoms with E-state index in [9.17, 15) is 0 Å². The molecule has 0 saturated carbocycles. The van der Waals surface area contributed by atoms with Gasteiger partial charge < -0.3 is 9.47 Å². The minimum absolute atomic E-state index is 0.383. The highest BCUT2D eigenvalue weighted by Gasteiger charge is 2.17. The molecule has 0 N–H and O–H groups in total. The lowest BCUT2D eigenvalue weighted by Gasteiger charge is -2.19. The summed E-state index contributed by atoms with van der Waals surface area (Å²) in [4.78, 5) is 27.7. The third kappa shape index (κ3) is 7.58. The lowest BCUT2D eigenvalue weighted by Crippen LogP contribution is -2.12. The van der Waals surface area contributed by atoms with Crippen molar-refractivity contribution in [3.8, 4) is 91.9 Å². The molecule has 8 aromatic rings. The second kappa shape index (κ2) is 15.6. The number of hydrogen-bond donors (Lipinski definition) is 0. The Morgan fingerprint density at radius 3 is 1.00 bits per heavy atom. The van der Waals surface area contributed by atoms with Crippen molar-refractivity contribution in [2.75, 3.05) is 13.2 Å². The van der Waals surface area contributed by atoms with Gasteiger partial charge in [-0.05, 0) is 109 Å². The molecule has 0 unspecified atom stereocenters. The predicted octanol–water partition coefficient (Wildman–Crippen LogP) is 8.96. The van der Waals surface area contributed by atoms with E-state index in [4.69, 9.17) is 19.4 Å². The van der Waals surface area contributed by atoms with Crippen LogP contribution < -0.4 is 9.47 Å². The van der Waals surface area contributed by atoms with E-state index >= 15 is 0 Å². The number of hydrogen-bond acceptors (Lipinski definition) is 8. The molecule has 0 radical (unpaired) electrons. The van der Waals surface area contributed by atoms with Crippen molar-refractivity contribution in [3.63, 3.8) is 0 Å². The summed E-state index contributed by atoms with van der Waals surface area (Å²) in [7, 11) is 0. The third-order valence-corrected chi connectivity index (χ3v) is 8.91. The van der Waals surface area contributed by atoms with Crippen molar-refractivity contribution in [2.45, 2.75) is 0 Å². The zero-order chi connectivity index (χ0) is 37.5. The standard InChI is InChI=1S/C48H30N6O2/c1-5-21-49-39(9-1)43-27-35(28-44(53-43)40-10-2-6-22-50-40)15-13-33-17-19-37-38-20-18-34(32-48(38)56-26-25-55-47(37)31-33)14-16-36-29-45(41-11-3-7-23-51-41)54-46(30-36)42-12-4-8-24-52-42/h1-12,17-24,27-32H,25-26H2. The van der Waals surface area contributed by atoms with Crippen LogP contribution in [0.4, 0.5) is 0 Å². The third-order valence-electron chi connectivity index (χ3n) is 8.91. The Balaban J connectivity index is 1.02. The van der Waals surface area contributed by atoms with Gasteiger partial charge in [-0.15, -0.1) is 0 Å². The normalized spacial score (nSPS) is 11.4. The molecule has 8 nitrogen and oxygen atoms in total. The zero-order valence-corrected chi connectivity index (χ0v) is 29.9. The maximum Gasteiger partial charge on any atom is 0.128 e. The van der Waals surface area contributed by atoms with E-state index in [-0.39, 0.29) is 0 Å². The van der Waals surface area contributed by atoms with Gasteiger partial charge >= 0.3 is 0 Å². The highest BCUT2D eigenvalue weighted by molar-refractivity contribution is 5.78. The molecule has 0 atom stereocenters. The van der Waals surface area contributed by atoms with E-state index in [0.29, 0.717) is 13.2 Å². The van der Waals surface area contributed by atoms with Gasteiger partial charge in [-0.3, -0.25) is 19.9 Å². The van der Waals surface area contributed by atoms with Crippen molar-refractivity contribution in [2.24, 2.45) is 0 Å². The molecule has 0 saturated heterocycles. The maximum atomic E-state index is 6.20. The van der Waals surface area contributed by atoms with E-state index in [1.807, 2.05) is 133 Å². The van der Waals surface area contributed by atoms with Gasteiger partial charge in [0, 0.05) is 58.2 Å². The molecule has 0 amide bonds. The van der Waals surface area contributed by atoms with Gasteiger partial charge in [0.15, 0.2) is 0 Å². The molecule has 2 aromatic carbocycles. The zero-order valence-electron chi connectivity index (χ0n) is 29.9. The summed E-state index contributed by atoms with van der Waals surface area (Å²) >= 11 is 0. The van der Waals surface area contributed by atoms with E-state index in [1.165, 1.54) is 0 Å². The van der Waals surface area contributed by atoms with Crippen LogP contribution in [-0.2, 0) is 0 Å². The van der Waals surface area contributed by atoms with Gasteiger partial charge in [0.1, 0.15) is 24.7 Å². The fourth-order valence-corrected chi connectivity index (χ4v) is 6.26. The number of ether oxygens (including phenoxy) is 2. The highest BCUT2D eigenvalue weighted by atomic mass is 16.5. The second-order valence-corrected chi connectivity index (χ2v) is 12.7. The first-order valence-electron chi connectivity index (χ1n) is 18.0. The van der Waals surface area contributed by atoms with Crippen LogP contribution in [0.25, 0.3) is 56.7 Å². The number of fused-ring (bicyclic) bond motifs is 3. The molecule has 0 fully saturated rings. The Morgan fingerprint density at radius 2 is 0.679 bits per heavy atom. The van der Waals surface area contributed by atoms with Crippen molar-refractivity contribution < 1.29 is 9.47 Å². The number of nitrogens with zero attached hydrogens (tertiary/aromatic N) is 6. The Morgan fingerprint density at radius 1 is 0.339 bits per heavy atom. The largest absolute Gasteiger partial charge is 0.489 e. The summed E-state index contributed by atoms with van der Waals surface area (Å²) in [6.07, 6.45) is 7.03. The number of pyridine rings is 6. The summed E-state index contributed by atoms with van der Waals surface area (Å²) < 4.78 is 12.4. The van der Waals surface area contributed by atoms with Crippen LogP contribution in [-0.4, -0.2) is 43.1 Å². The molecule has 1 aliphatic rings. The monoisotopic (exact) mass is 722 g/mol. The van der Waals surface area contributed by atoms with Crippen molar-refractivity contribution in [3.05, 3.63) is 181 Å². The van der Waals surface area contributed by atoms with E-state index in [0.717, 1.165) is 90.4 Å². The lowest BCUT2D eigenvalue weighted by atomic mass is 9.99. The molecule has 264 valence electrons. The van der Waals surface area contributed by atoms with Crippen LogP contribution >= 0.6 is 0 Å². The molecular formula is C48H30N6O2. The number of aromatic nitrogens is 6. The molecule has 6 aromatic heterocycles. The summed E-state index contributed by atoms with van der Waals surface area (Å²) in [6, 6.07) is 42.9. The molecule has 8 heteroatoms. The average Bonchev–Trinajstić information content (AvgIpc) is 3.27. The molecule has 9 rings (SSSR count). The fourth-order valence-electron chi connectivity index (χ4n) is 6.26. The predicted molar refractivity (Wildman–Crippen MR) is 216 cm³/mol. The molecular weight excluding hydrogens is 693 g/mol. The van der Waals surface area contributed by atoms with Crippen molar-refractivity contribution in [1.29, 1.82) is 0 Å². The molecule has 0 aliphatic carbocycles. The first-order valence-corrected chi connectivity index (χ1v) is 18.0. The lowest BCUT2D eigenvalue weighted by molar-refractivity contribution is 0.214. The molecule has 0 spiro atoms. The SMILES string of the molecule is C(#Cc1ccc2c(c1)OCCOc1cc(C#Cc3cc(-c4ccccn4)nc(-c4ccccn4)c3)ccc1-2)c1cc(-c2ccccn2)nc(-c2ccccn2)c1. The Kier molecular flexibility index (Phi) is 9.42. The average molecular weight is 723 g/mol. The van der Waals surface area contributed by atoms with E-state index < -0.39 is 0 Å². The molecule has 7 heterocycles. The van der Waals surface area contributed by atoms with Crippen LogP contribution in [0.3, 0.4) is 0 Å². The van der Waals surface area contributed by atoms with Crippen LogP contribution in [0.5, 0.6) is 11.5 Å². The van der Waals surface area contributed by atoms with Gasteiger partial charge in [-0.25, -0.2) is 9.97 Å². The molecule has 1 aliphatic heterocycles. The van der Waals surface area contributed by atoms with E-state index in [1.54, 1.807) is 24.8 Å². The Hall–Kier alpha value is -7.94. The fraction of sp³-hybridized carbons (Fsp3) is 0.0417. The number of benzene rings is 2. The Labute approximate surface area is 324 Å². The summed E-state index contributed by atoms with van der Waals surface area (Å²) in [6.45, 7) is 0.766. The summed E-state index contributed by atoms with van der Waals surface area (Å²) in [5, 5.41) is 0. The van der Waals surface area contributed by atoms with Crippen molar-refractivity contribution in [1.82, 2.24) is 29.9 Å². The molecule has 56 heavy (non-hydrogen) atoms. The van der Waals surface area contributed by atoms with Gasteiger partial charge in [0.25, 0.3) is 0 Å². The van der Waals surface area contributed by atoms with Crippen LogP contribution in [0, 0.1) is 23.7 Å². The van der Waals surface area contributed by atoms with Crippen LogP contribution in [0.1, 0.15) is 22.3 Å². The van der Waals surface area contributed by atoms with Gasteiger partial charge in [-0.1, -0.05) is 47.9 Å². The number of rotatable bonds is 4. The minimum Gasteiger partial charge on any atom is -0.489 e. The first-order chi connectivity index (χ1) is 27.7. The van der Waals surface area contributed by atoms with E-state index in [2.05, 4.69) is 43.6 Å². The Bertz CT molecular complexity index is 2500. The second-order valence-electron chi connectivity index (χ2n) is 12.7. The molecule has 0 bridgehead atoms. The maximum absolute atomic E-state index is 6.20. The highest BCUT2D eigenvalue weighted by Crippen LogP contribution is 2.39.